The number of rotatable bonds is 1. The van der Waals surface area contributed by atoms with Crippen molar-refractivity contribution in [3.63, 3.8) is 0 Å². The molecule has 2 heterocycles. The number of benzene rings is 1. The molecule has 1 aliphatic heterocycles. The van der Waals surface area contributed by atoms with E-state index < -0.39 is 0 Å². The van der Waals surface area contributed by atoms with Crippen LogP contribution < -0.4 is 0 Å². The van der Waals surface area contributed by atoms with Crippen LogP contribution in [0.4, 0.5) is 0 Å². The molecule has 0 unspecified atom stereocenters. The molecule has 0 atom stereocenters. The van der Waals surface area contributed by atoms with Gasteiger partial charge < -0.3 is 4.74 Å². The van der Waals surface area contributed by atoms with E-state index in [9.17, 15) is 0 Å². The van der Waals surface area contributed by atoms with Gasteiger partial charge in [0.1, 0.15) is 6.07 Å². The van der Waals surface area contributed by atoms with E-state index in [0.29, 0.717) is 12.2 Å². The van der Waals surface area contributed by atoms with Crippen molar-refractivity contribution < 1.29 is 4.74 Å². The van der Waals surface area contributed by atoms with Gasteiger partial charge in [-0.2, -0.15) is 10.4 Å². The Hall–Kier alpha value is -2.12. The highest BCUT2D eigenvalue weighted by molar-refractivity contribution is 5.50. The molecule has 1 aromatic carbocycles. The molecule has 0 bridgehead atoms. The number of hydrogen-bond acceptors (Lipinski definition) is 3. The first kappa shape index (κ1) is 11.0. The molecule has 4 nitrogen and oxygen atoms in total. The molecule has 0 N–H and O–H groups in total. The Balaban J connectivity index is 2.21. The number of fused-ring (bicyclic) bond motifs is 1. The summed E-state index contributed by atoms with van der Waals surface area (Å²) >= 11 is 0. The van der Waals surface area contributed by atoms with E-state index in [-0.39, 0.29) is 0 Å². The maximum Gasteiger partial charge on any atom is 0.101 e. The first-order valence-corrected chi connectivity index (χ1v) is 5.96. The molecule has 0 aliphatic carbocycles. The van der Waals surface area contributed by atoms with Crippen LogP contribution in [0.1, 0.15) is 22.5 Å². The zero-order chi connectivity index (χ0) is 12.5. The van der Waals surface area contributed by atoms with Crippen LogP contribution in [0, 0.1) is 18.3 Å². The Morgan fingerprint density at radius 1 is 1.39 bits per heavy atom. The van der Waals surface area contributed by atoms with Gasteiger partial charge in [0.2, 0.25) is 0 Å². The number of aryl methyl sites for hydroxylation is 1. The van der Waals surface area contributed by atoms with Gasteiger partial charge in [0, 0.05) is 5.56 Å². The predicted molar refractivity (Wildman–Crippen MR) is 66.4 cm³/mol. The van der Waals surface area contributed by atoms with Gasteiger partial charge in [-0.1, -0.05) is 12.1 Å². The Labute approximate surface area is 105 Å². The van der Waals surface area contributed by atoms with E-state index in [2.05, 4.69) is 11.2 Å². The zero-order valence-corrected chi connectivity index (χ0v) is 10.2. The monoisotopic (exact) mass is 239 g/mol. The minimum Gasteiger partial charge on any atom is -0.375 e. The third-order valence-electron chi connectivity index (χ3n) is 3.28. The highest BCUT2D eigenvalue weighted by atomic mass is 16.5. The van der Waals surface area contributed by atoms with Gasteiger partial charge in [0.05, 0.1) is 35.9 Å². The molecule has 90 valence electrons. The summed E-state index contributed by atoms with van der Waals surface area (Å²) in [6.45, 7) is 3.32. The van der Waals surface area contributed by atoms with Crippen LogP contribution >= 0.6 is 0 Å². The van der Waals surface area contributed by atoms with Crippen LogP contribution in [-0.4, -0.2) is 16.4 Å². The summed E-state index contributed by atoms with van der Waals surface area (Å²) < 4.78 is 7.35. The van der Waals surface area contributed by atoms with Crippen LogP contribution in [0.15, 0.2) is 24.3 Å². The lowest BCUT2D eigenvalue weighted by Gasteiger charge is -2.15. The number of nitrogens with zero attached hydrogens (tertiary/aromatic N) is 3. The third kappa shape index (κ3) is 1.60. The van der Waals surface area contributed by atoms with Crippen LogP contribution in [0.5, 0.6) is 0 Å². The molecule has 0 amide bonds. The molecule has 3 rings (SSSR count). The number of ether oxygens (including phenoxy) is 1. The van der Waals surface area contributed by atoms with Gasteiger partial charge in [-0.05, 0) is 25.5 Å². The fraction of sp³-hybridized carbons (Fsp3) is 0.286. The molecule has 0 saturated heterocycles. The van der Waals surface area contributed by atoms with Gasteiger partial charge in [-0.25, -0.2) is 4.68 Å². The van der Waals surface area contributed by atoms with E-state index in [1.54, 1.807) is 0 Å². The molecule has 4 heteroatoms. The second-order valence-electron chi connectivity index (χ2n) is 4.35. The Morgan fingerprint density at radius 3 is 3.06 bits per heavy atom. The summed E-state index contributed by atoms with van der Waals surface area (Å²) in [4.78, 5) is 0. The van der Waals surface area contributed by atoms with Gasteiger partial charge in [0.25, 0.3) is 0 Å². The van der Waals surface area contributed by atoms with Crippen molar-refractivity contribution in [3.8, 4) is 11.8 Å². The molecule has 2 aromatic rings. The van der Waals surface area contributed by atoms with E-state index >= 15 is 0 Å². The minimum absolute atomic E-state index is 0.565. The molecular formula is C14H13N3O. The second kappa shape index (κ2) is 4.28. The lowest BCUT2D eigenvalue weighted by atomic mass is 10.1. The van der Waals surface area contributed by atoms with Crippen molar-refractivity contribution in [1.82, 2.24) is 9.78 Å². The molecule has 1 aromatic heterocycles. The molecule has 0 radical (unpaired) electrons. The zero-order valence-electron chi connectivity index (χ0n) is 10.2. The Kier molecular flexibility index (Phi) is 2.62. The largest absolute Gasteiger partial charge is 0.375 e. The summed E-state index contributed by atoms with van der Waals surface area (Å²) in [6, 6.07) is 9.72. The molecule has 0 saturated carbocycles. The normalized spacial score (nSPS) is 14.0. The summed E-state index contributed by atoms with van der Waals surface area (Å²) in [5, 5.41) is 13.7. The number of nitriles is 1. The molecule has 0 fully saturated rings. The van der Waals surface area contributed by atoms with Crippen LogP contribution in [0.2, 0.25) is 0 Å². The summed E-state index contributed by atoms with van der Waals surface area (Å²) in [6.07, 6.45) is 0.899. The van der Waals surface area contributed by atoms with Crippen molar-refractivity contribution in [2.75, 3.05) is 6.61 Å². The van der Waals surface area contributed by atoms with Gasteiger partial charge in [-0.15, -0.1) is 0 Å². The van der Waals surface area contributed by atoms with Gasteiger partial charge in [-0.3, -0.25) is 0 Å². The SMILES string of the molecule is Cc1nn(-c2ccccc2C#N)c2c1CCOC2. The van der Waals surface area contributed by atoms with E-state index in [0.717, 1.165) is 30.1 Å². The fourth-order valence-corrected chi connectivity index (χ4v) is 2.38. The van der Waals surface area contributed by atoms with Crippen molar-refractivity contribution >= 4 is 0 Å². The lowest BCUT2D eigenvalue weighted by molar-refractivity contribution is 0.106. The summed E-state index contributed by atoms with van der Waals surface area (Å²) in [5.41, 5.74) is 4.82. The quantitative estimate of drug-likeness (QED) is 0.766. The first-order valence-electron chi connectivity index (χ1n) is 5.96. The number of para-hydroxylation sites is 1. The highest BCUT2D eigenvalue weighted by Crippen LogP contribution is 2.24. The Morgan fingerprint density at radius 2 is 2.22 bits per heavy atom. The van der Waals surface area contributed by atoms with Crippen LogP contribution in [-0.2, 0) is 17.8 Å². The highest BCUT2D eigenvalue weighted by Gasteiger charge is 2.20. The van der Waals surface area contributed by atoms with E-state index in [1.165, 1.54) is 5.56 Å². The average molecular weight is 239 g/mol. The summed E-state index contributed by atoms with van der Waals surface area (Å²) in [5.74, 6) is 0. The molecule has 0 spiro atoms. The lowest BCUT2D eigenvalue weighted by Crippen LogP contribution is -2.13. The average Bonchev–Trinajstić information content (AvgIpc) is 2.77. The topological polar surface area (TPSA) is 50.8 Å². The smallest absolute Gasteiger partial charge is 0.101 e. The van der Waals surface area contributed by atoms with E-state index in [1.807, 2.05) is 35.9 Å². The molecule has 1 aliphatic rings. The summed E-state index contributed by atoms with van der Waals surface area (Å²) in [7, 11) is 0. The second-order valence-corrected chi connectivity index (χ2v) is 4.35. The van der Waals surface area contributed by atoms with Gasteiger partial charge in [0.15, 0.2) is 0 Å². The molecule has 18 heavy (non-hydrogen) atoms. The standard InChI is InChI=1S/C14H13N3O/c1-10-12-6-7-18-9-14(12)17(16-10)13-5-3-2-4-11(13)8-15/h2-5H,6-7,9H2,1H3. The van der Waals surface area contributed by atoms with Gasteiger partial charge >= 0.3 is 0 Å². The van der Waals surface area contributed by atoms with E-state index in [4.69, 9.17) is 10.00 Å². The minimum atomic E-state index is 0.565. The third-order valence-corrected chi connectivity index (χ3v) is 3.28. The maximum atomic E-state index is 9.17. The number of hydrogen-bond donors (Lipinski definition) is 0. The van der Waals surface area contributed by atoms with Crippen molar-refractivity contribution in [3.05, 3.63) is 46.8 Å². The molecular weight excluding hydrogens is 226 g/mol. The van der Waals surface area contributed by atoms with Crippen LogP contribution in [0.3, 0.4) is 0 Å². The van der Waals surface area contributed by atoms with Crippen molar-refractivity contribution in [1.29, 1.82) is 5.26 Å². The number of aromatic nitrogens is 2. The first-order chi connectivity index (χ1) is 8.81. The predicted octanol–water partition coefficient (Wildman–Crippen LogP) is 2.13. The van der Waals surface area contributed by atoms with Crippen molar-refractivity contribution in [2.45, 2.75) is 20.0 Å². The Bertz CT molecular complexity index is 637. The maximum absolute atomic E-state index is 9.17. The van der Waals surface area contributed by atoms with Crippen LogP contribution in [0.25, 0.3) is 5.69 Å². The fourth-order valence-electron chi connectivity index (χ4n) is 2.38. The van der Waals surface area contributed by atoms with Crippen molar-refractivity contribution in [2.24, 2.45) is 0 Å².